The van der Waals surface area contributed by atoms with Gasteiger partial charge in [0, 0.05) is 12.1 Å². The number of nitrogens with zero attached hydrogens (tertiary/aromatic N) is 1. The Hall–Kier alpha value is -1.93. The topological polar surface area (TPSA) is 101 Å². The predicted octanol–water partition coefficient (Wildman–Crippen LogP) is 1.12. The van der Waals surface area contributed by atoms with E-state index in [4.69, 9.17) is 5.73 Å². The van der Waals surface area contributed by atoms with E-state index in [-0.39, 0.29) is 17.3 Å². The largest absolute Gasteiger partial charge is 0.326 e. The van der Waals surface area contributed by atoms with Gasteiger partial charge in [0.25, 0.3) is 10.0 Å². The number of nitrogens with one attached hydrogen (secondary N) is 2. The molecule has 2 rings (SSSR count). The second kappa shape index (κ2) is 4.98. The van der Waals surface area contributed by atoms with Crippen molar-refractivity contribution in [2.24, 2.45) is 5.73 Å². The summed E-state index contributed by atoms with van der Waals surface area (Å²) in [7, 11) is -3.86. The van der Waals surface area contributed by atoms with Crippen LogP contribution in [0.25, 0.3) is 0 Å². The maximum Gasteiger partial charge on any atom is 0.279 e. The van der Waals surface area contributed by atoms with Crippen molar-refractivity contribution in [1.82, 2.24) is 10.2 Å². The van der Waals surface area contributed by atoms with Gasteiger partial charge in [-0.25, -0.2) is 4.39 Å². The standard InChI is InChI=1S/C11H13FN4O2S/c1-7-2-3-9(4-10(7)12)16-19(17,18)11-8(5-13)6-14-15-11/h2-4,6,16H,5,13H2,1H3,(H,14,15). The van der Waals surface area contributed by atoms with Gasteiger partial charge in [-0.1, -0.05) is 6.07 Å². The molecule has 2 aromatic rings. The number of aromatic nitrogens is 2. The lowest BCUT2D eigenvalue weighted by Crippen LogP contribution is -2.16. The highest BCUT2D eigenvalue weighted by Gasteiger charge is 2.20. The summed E-state index contributed by atoms with van der Waals surface area (Å²) in [6, 6.07) is 4.09. The Kier molecular flexibility index (Phi) is 3.54. The minimum atomic E-state index is -3.86. The third-order valence-corrected chi connectivity index (χ3v) is 3.99. The number of aryl methyl sites for hydroxylation is 1. The van der Waals surface area contributed by atoms with Gasteiger partial charge in [0.05, 0.1) is 11.9 Å². The molecule has 6 nitrogen and oxygen atoms in total. The number of aromatic amines is 1. The molecule has 0 saturated heterocycles. The molecule has 0 fully saturated rings. The Balaban J connectivity index is 2.34. The van der Waals surface area contributed by atoms with E-state index in [2.05, 4.69) is 14.9 Å². The van der Waals surface area contributed by atoms with Crippen LogP contribution in [0, 0.1) is 12.7 Å². The number of sulfonamides is 1. The SMILES string of the molecule is Cc1ccc(NS(=O)(=O)c2[nH]ncc2CN)cc1F. The molecule has 0 bridgehead atoms. The summed E-state index contributed by atoms with van der Waals surface area (Å²) in [5, 5.41) is 5.89. The lowest BCUT2D eigenvalue weighted by molar-refractivity contribution is 0.595. The van der Waals surface area contributed by atoms with Crippen molar-refractivity contribution < 1.29 is 12.8 Å². The number of H-pyrrole nitrogens is 1. The van der Waals surface area contributed by atoms with Crippen LogP contribution in [0.15, 0.2) is 29.4 Å². The highest BCUT2D eigenvalue weighted by Crippen LogP contribution is 2.19. The van der Waals surface area contributed by atoms with E-state index < -0.39 is 15.8 Å². The van der Waals surface area contributed by atoms with Crippen molar-refractivity contribution in [3.05, 3.63) is 41.3 Å². The van der Waals surface area contributed by atoms with Crippen LogP contribution in [0.1, 0.15) is 11.1 Å². The van der Waals surface area contributed by atoms with Crippen LogP contribution in [0.4, 0.5) is 10.1 Å². The molecule has 8 heteroatoms. The molecular weight excluding hydrogens is 271 g/mol. The van der Waals surface area contributed by atoms with Gasteiger partial charge in [0.2, 0.25) is 0 Å². The maximum atomic E-state index is 13.4. The van der Waals surface area contributed by atoms with Crippen molar-refractivity contribution >= 4 is 15.7 Å². The molecule has 102 valence electrons. The number of nitrogens with two attached hydrogens (primary N) is 1. The summed E-state index contributed by atoms with van der Waals surface area (Å²) in [5.41, 5.74) is 6.35. The zero-order chi connectivity index (χ0) is 14.0. The predicted molar refractivity (Wildman–Crippen MR) is 68.4 cm³/mol. The minimum absolute atomic E-state index is 0.0367. The third kappa shape index (κ3) is 2.74. The van der Waals surface area contributed by atoms with Gasteiger partial charge >= 0.3 is 0 Å². The van der Waals surface area contributed by atoms with Crippen molar-refractivity contribution in [1.29, 1.82) is 0 Å². The summed E-state index contributed by atoms with van der Waals surface area (Å²) in [5.74, 6) is -0.483. The lowest BCUT2D eigenvalue weighted by atomic mass is 10.2. The molecule has 0 aliphatic carbocycles. The van der Waals surface area contributed by atoms with Crippen LogP contribution in [0.5, 0.6) is 0 Å². The first-order chi connectivity index (χ1) is 8.94. The molecule has 0 amide bonds. The number of hydrogen-bond donors (Lipinski definition) is 3. The smallest absolute Gasteiger partial charge is 0.279 e. The van der Waals surface area contributed by atoms with Crippen molar-refractivity contribution in [3.63, 3.8) is 0 Å². The highest BCUT2D eigenvalue weighted by atomic mass is 32.2. The van der Waals surface area contributed by atoms with E-state index >= 15 is 0 Å². The van der Waals surface area contributed by atoms with Crippen LogP contribution in [0.2, 0.25) is 0 Å². The highest BCUT2D eigenvalue weighted by molar-refractivity contribution is 7.92. The van der Waals surface area contributed by atoms with Gasteiger partial charge in [-0.05, 0) is 24.6 Å². The van der Waals surface area contributed by atoms with E-state index in [9.17, 15) is 12.8 Å². The fourth-order valence-electron chi connectivity index (χ4n) is 1.54. The quantitative estimate of drug-likeness (QED) is 0.783. The number of hydrogen-bond acceptors (Lipinski definition) is 4. The van der Waals surface area contributed by atoms with Gasteiger partial charge in [-0.15, -0.1) is 0 Å². The molecule has 4 N–H and O–H groups in total. The summed E-state index contributed by atoms with van der Waals surface area (Å²) in [4.78, 5) is 0. The minimum Gasteiger partial charge on any atom is -0.326 e. The summed E-state index contributed by atoms with van der Waals surface area (Å²) in [6.45, 7) is 1.63. The molecule has 0 saturated carbocycles. The number of halogens is 1. The lowest BCUT2D eigenvalue weighted by Gasteiger charge is -2.08. The average molecular weight is 284 g/mol. The molecular formula is C11H13FN4O2S. The van der Waals surface area contributed by atoms with E-state index in [0.29, 0.717) is 11.1 Å². The monoisotopic (exact) mass is 284 g/mol. The van der Waals surface area contributed by atoms with Crippen LogP contribution in [-0.4, -0.2) is 18.6 Å². The summed E-state index contributed by atoms with van der Waals surface area (Å²) in [6.07, 6.45) is 1.34. The van der Waals surface area contributed by atoms with E-state index in [1.54, 1.807) is 6.92 Å². The fraction of sp³-hybridized carbons (Fsp3) is 0.182. The van der Waals surface area contributed by atoms with Gasteiger partial charge in [0.1, 0.15) is 5.82 Å². The number of benzene rings is 1. The maximum absolute atomic E-state index is 13.4. The second-order valence-electron chi connectivity index (χ2n) is 4.00. The Labute approximate surface area is 109 Å². The van der Waals surface area contributed by atoms with E-state index in [1.165, 1.54) is 18.3 Å². The van der Waals surface area contributed by atoms with Gasteiger partial charge in [-0.2, -0.15) is 13.5 Å². The van der Waals surface area contributed by atoms with Crippen LogP contribution < -0.4 is 10.5 Å². The molecule has 19 heavy (non-hydrogen) atoms. The van der Waals surface area contributed by atoms with Crippen molar-refractivity contribution in [3.8, 4) is 0 Å². The molecule has 0 radical (unpaired) electrons. The number of rotatable bonds is 4. The molecule has 1 aromatic carbocycles. The first kappa shape index (κ1) is 13.5. The Morgan fingerprint density at radius 1 is 1.47 bits per heavy atom. The van der Waals surface area contributed by atoms with Crippen LogP contribution in [0.3, 0.4) is 0 Å². The van der Waals surface area contributed by atoms with Crippen molar-refractivity contribution in [2.75, 3.05) is 4.72 Å². The molecule has 0 atom stereocenters. The zero-order valence-corrected chi connectivity index (χ0v) is 11.0. The number of anilines is 1. The van der Waals surface area contributed by atoms with Gasteiger partial charge in [-0.3, -0.25) is 9.82 Å². The zero-order valence-electron chi connectivity index (χ0n) is 10.1. The van der Waals surface area contributed by atoms with Crippen LogP contribution in [-0.2, 0) is 16.6 Å². The summed E-state index contributed by atoms with van der Waals surface area (Å²) < 4.78 is 39.8. The summed E-state index contributed by atoms with van der Waals surface area (Å²) >= 11 is 0. The normalized spacial score (nSPS) is 11.5. The van der Waals surface area contributed by atoms with Gasteiger partial charge in [0.15, 0.2) is 5.03 Å². The molecule has 0 spiro atoms. The molecule has 0 unspecified atom stereocenters. The Morgan fingerprint density at radius 2 is 2.21 bits per heavy atom. The average Bonchev–Trinajstić information content (AvgIpc) is 2.82. The first-order valence-electron chi connectivity index (χ1n) is 5.45. The van der Waals surface area contributed by atoms with E-state index in [0.717, 1.165) is 6.07 Å². The fourth-order valence-corrected chi connectivity index (χ4v) is 2.73. The third-order valence-electron chi connectivity index (χ3n) is 2.59. The van der Waals surface area contributed by atoms with Crippen LogP contribution >= 0.6 is 0 Å². The van der Waals surface area contributed by atoms with Gasteiger partial charge < -0.3 is 5.73 Å². The Bertz CT molecular complexity index is 696. The van der Waals surface area contributed by atoms with Crippen molar-refractivity contribution in [2.45, 2.75) is 18.5 Å². The molecule has 1 heterocycles. The first-order valence-corrected chi connectivity index (χ1v) is 6.93. The Morgan fingerprint density at radius 3 is 2.84 bits per heavy atom. The van der Waals surface area contributed by atoms with E-state index in [1.807, 2.05) is 0 Å². The molecule has 1 aromatic heterocycles. The second-order valence-corrected chi connectivity index (χ2v) is 5.62. The molecule has 0 aliphatic heterocycles. The molecule has 0 aliphatic rings.